The van der Waals surface area contributed by atoms with Gasteiger partial charge in [0.2, 0.25) is 5.91 Å². The number of hydrazine groups is 1. The largest absolute Gasteiger partial charge is 0.358 e. The third-order valence-corrected chi connectivity index (χ3v) is 4.79. The first-order chi connectivity index (χ1) is 10.0. The molecule has 0 radical (unpaired) electrons. The van der Waals surface area contributed by atoms with Gasteiger partial charge in [0.05, 0.1) is 17.1 Å². The van der Waals surface area contributed by atoms with Gasteiger partial charge in [-0.05, 0) is 37.9 Å². The van der Waals surface area contributed by atoms with Gasteiger partial charge >= 0.3 is 0 Å². The highest BCUT2D eigenvalue weighted by atomic mass is 32.1. The van der Waals surface area contributed by atoms with Crippen molar-refractivity contribution in [1.82, 2.24) is 21.2 Å². The van der Waals surface area contributed by atoms with Gasteiger partial charge in [-0.1, -0.05) is 19.8 Å². The van der Waals surface area contributed by atoms with E-state index in [9.17, 15) is 4.79 Å². The third-order valence-electron chi connectivity index (χ3n) is 3.75. The summed E-state index contributed by atoms with van der Waals surface area (Å²) in [5.41, 5.74) is 6.18. The smallest absolute Gasteiger partial charge is 0.244 e. The highest BCUT2D eigenvalue weighted by molar-refractivity contribution is 7.80. The van der Waals surface area contributed by atoms with E-state index in [0.717, 1.165) is 17.1 Å². The number of carbonyl (C=O) groups is 1. The number of rotatable bonds is 3. The quantitative estimate of drug-likeness (QED) is 0.586. The summed E-state index contributed by atoms with van der Waals surface area (Å²) in [5.74, 6) is 0.480. The van der Waals surface area contributed by atoms with E-state index < -0.39 is 0 Å². The Morgan fingerprint density at radius 2 is 2.19 bits per heavy atom. The van der Waals surface area contributed by atoms with Crippen molar-refractivity contribution in [3.63, 3.8) is 0 Å². The minimum Gasteiger partial charge on any atom is -0.358 e. The van der Waals surface area contributed by atoms with Crippen LogP contribution >= 0.6 is 23.6 Å². The molecule has 0 spiro atoms. The lowest BCUT2D eigenvalue weighted by atomic mass is 9.86. The Labute approximate surface area is 134 Å². The van der Waals surface area contributed by atoms with Gasteiger partial charge in [-0.25, -0.2) is 4.98 Å². The van der Waals surface area contributed by atoms with Gasteiger partial charge in [-0.15, -0.1) is 11.3 Å². The normalized spacial score (nSPS) is 21.6. The lowest BCUT2D eigenvalue weighted by Gasteiger charge is -2.30. The average Bonchev–Trinajstić information content (AvgIpc) is 2.84. The SMILES string of the molecule is Cc1nc(CC(=O)NNC(=S)N[C@H]2CCCC[C@@H]2C)cs1. The minimum absolute atomic E-state index is 0.138. The molecule has 2 atom stereocenters. The molecule has 1 saturated carbocycles. The molecule has 1 aromatic heterocycles. The van der Waals surface area contributed by atoms with Crippen LogP contribution in [0.1, 0.15) is 43.3 Å². The van der Waals surface area contributed by atoms with E-state index in [1.54, 1.807) is 11.3 Å². The highest BCUT2D eigenvalue weighted by Crippen LogP contribution is 2.23. The molecule has 0 aromatic carbocycles. The van der Waals surface area contributed by atoms with Gasteiger partial charge < -0.3 is 5.32 Å². The topological polar surface area (TPSA) is 66.0 Å². The average molecular weight is 326 g/mol. The zero-order valence-corrected chi connectivity index (χ0v) is 14.1. The van der Waals surface area contributed by atoms with Crippen LogP contribution in [-0.2, 0) is 11.2 Å². The van der Waals surface area contributed by atoms with Crippen LogP contribution in [0, 0.1) is 12.8 Å². The Morgan fingerprint density at radius 1 is 1.43 bits per heavy atom. The van der Waals surface area contributed by atoms with Gasteiger partial charge in [-0.3, -0.25) is 15.6 Å². The Balaban J connectivity index is 1.69. The monoisotopic (exact) mass is 326 g/mol. The van der Waals surface area contributed by atoms with Crippen LogP contribution in [0.3, 0.4) is 0 Å². The minimum atomic E-state index is -0.138. The lowest BCUT2D eigenvalue weighted by Crippen LogP contribution is -2.51. The molecule has 0 unspecified atom stereocenters. The number of aromatic nitrogens is 1. The van der Waals surface area contributed by atoms with Crippen molar-refractivity contribution in [2.24, 2.45) is 5.92 Å². The number of aryl methyl sites for hydroxylation is 1. The zero-order chi connectivity index (χ0) is 15.2. The van der Waals surface area contributed by atoms with E-state index in [0.29, 0.717) is 17.1 Å². The van der Waals surface area contributed by atoms with E-state index in [4.69, 9.17) is 12.2 Å². The van der Waals surface area contributed by atoms with Gasteiger partial charge in [-0.2, -0.15) is 0 Å². The third kappa shape index (κ3) is 5.24. The maximum atomic E-state index is 11.8. The molecule has 116 valence electrons. The van der Waals surface area contributed by atoms with Crippen molar-refractivity contribution < 1.29 is 4.79 Å². The van der Waals surface area contributed by atoms with E-state index in [1.165, 1.54) is 19.3 Å². The summed E-state index contributed by atoms with van der Waals surface area (Å²) in [7, 11) is 0. The molecular formula is C14H22N4OS2. The van der Waals surface area contributed by atoms with Crippen molar-refractivity contribution in [3.05, 3.63) is 16.1 Å². The fraction of sp³-hybridized carbons (Fsp3) is 0.643. The van der Waals surface area contributed by atoms with Gasteiger partial charge in [0.1, 0.15) is 0 Å². The highest BCUT2D eigenvalue weighted by Gasteiger charge is 2.21. The van der Waals surface area contributed by atoms with Crippen molar-refractivity contribution in [3.8, 4) is 0 Å². The number of carbonyl (C=O) groups excluding carboxylic acids is 1. The molecule has 0 bridgehead atoms. The van der Waals surface area contributed by atoms with Crippen molar-refractivity contribution >= 4 is 34.6 Å². The second-order valence-electron chi connectivity index (χ2n) is 5.55. The first-order valence-corrected chi connectivity index (χ1v) is 8.59. The maximum Gasteiger partial charge on any atom is 0.244 e. The second kappa shape index (κ2) is 7.70. The summed E-state index contributed by atoms with van der Waals surface area (Å²) in [6.45, 7) is 4.16. The molecule has 1 aromatic rings. The second-order valence-corrected chi connectivity index (χ2v) is 7.02. The van der Waals surface area contributed by atoms with E-state index in [1.807, 2.05) is 12.3 Å². The molecule has 1 fully saturated rings. The maximum absolute atomic E-state index is 11.8. The fourth-order valence-corrected chi connectivity index (χ4v) is 3.37. The summed E-state index contributed by atoms with van der Waals surface area (Å²) >= 11 is 6.77. The van der Waals surface area contributed by atoms with Gasteiger partial charge in [0, 0.05) is 11.4 Å². The molecular weight excluding hydrogens is 304 g/mol. The number of thiazole rings is 1. The predicted molar refractivity (Wildman–Crippen MR) is 89.0 cm³/mol. The van der Waals surface area contributed by atoms with Crippen LogP contribution in [0.15, 0.2) is 5.38 Å². The molecule has 21 heavy (non-hydrogen) atoms. The van der Waals surface area contributed by atoms with Gasteiger partial charge in [0.15, 0.2) is 5.11 Å². The summed E-state index contributed by atoms with van der Waals surface area (Å²) in [6.07, 6.45) is 5.16. The summed E-state index contributed by atoms with van der Waals surface area (Å²) in [4.78, 5) is 16.0. The molecule has 1 aliphatic rings. The molecule has 3 N–H and O–H groups in total. The first kappa shape index (κ1) is 16.2. The van der Waals surface area contributed by atoms with Crippen molar-refractivity contribution in [1.29, 1.82) is 0 Å². The van der Waals surface area contributed by atoms with Crippen LogP contribution in [0.2, 0.25) is 0 Å². The van der Waals surface area contributed by atoms with Gasteiger partial charge in [0.25, 0.3) is 0 Å². The molecule has 0 aliphatic heterocycles. The number of thiocarbonyl (C=S) groups is 1. The predicted octanol–water partition coefficient (Wildman–Crippen LogP) is 2.07. The molecule has 2 rings (SSSR count). The van der Waals surface area contributed by atoms with E-state index >= 15 is 0 Å². The van der Waals surface area contributed by atoms with E-state index in [2.05, 4.69) is 28.1 Å². The van der Waals surface area contributed by atoms with Crippen LogP contribution in [0.4, 0.5) is 0 Å². The Morgan fingerprint density at radius 3 is 2.86 bits per heavy atom. The number of amides is 1. The lowest BCUT2D eigenvalue weighted by molar-refractivity contribution is -0.121. The van der Waals surface area contributed by atoms with Crippen LogP contribution < -0.4 is 16.2 Å². The molecule has 5 nitrogen and oxygen atoms in total. The molecule has 1 aliphatic carbocycles. The van der Waals surface area contributed by atoms with Crippen molar-refractivity contribution in [2.45, 2.75) is 52.0 Å². The van der Waals surface area contributed by atoms with Crippen LogP contribution in [0.25, 0.3) is 0 Å². The molecule has 0 saturated heterocycles. The summed E-state index contributed by atoms with van der Waals surface area (Å²) in [5, 5.41) is 6.63. The van der Waals surface area contributed by atoms with Crippen LogP contribution in [0.5, 0.6) is 0 Å². The number of hydrogen-bond donors (Lipinski definition) is 3. The Kier molecular flexibility index (Phi) is 5.93. The van der Waals surface area contributed by atoms with E-state index in [-0.39, 0.29) is 12.3 Å². The molecule has 1 amide bonds. The zero-order valence-electron chi connectivity index (χ0n) is 12.4. The Hall–Kier alpha value is -1.21. The van der Waals surface area contributed by atoms with Crippen molar-refractivity contribution in [2.75, 3.05) is 0 Å². The molecule has 1 heterocycles. The first-order valence-electron chi connectivity index (χ1n) is 7.31. The van der Waals surface area contributed by atoms with Crippen LogP contribution in [-0.4, -0.2) is 22.0 Å². The Bertz CT molecular complexity index is 503. The summed E-state index contributed by atoms with van der Waals surface area (Å²) < 4.78 is 0. The number of hydrogen-bond acceptors (Lipinski definition) is 4. The number of nitrogens with zero attached hydrogens (tertiary/aromatic N) is 1. The standard InChI is InChI=1S/C14H22N4OS2/c1-9-5-3-4-6-12(9)16-14(20)18-17-13(19)7-11-8-21-10(2)15-11/h8-9,12H,3-7H2,1-2H3,(H,17,19)(H2,16,18,20)/t9-,12-/m0/s1. The fourth-order valence-electron chi connectivity index (χ4n) is 2.56. The summed E-state index contributed by atoms with van der Waals surface area (Å²) in [6, 6.07) is 0.400. The number of nitrogens with one attached hydrogen (secondary N) is 3. The molecule has 7 heteroatoms.